The number of benzene rings is 1. The molecule has 166 valence electrons. The van der Waals surface area contributed by atoms with Crippen molar-refractivity contribution in [2.45, 2.75) is 39.0 Å². The normalized spacial score (nSPS) is 12.9. The zero-order valence-electron chi connectivity index (χ0n) is 18.5. The number of para-hydroxylation sites is 1. The minimum Gasteiger partial charge on any atom is -0.507 e. The molecule has 3 N–H and O–H groups in total. The van der Waals surface area contributed by atoms with E-state index in [1.165, 1.54) is 30.9 Å². The third-order valence-corrected chi connectivity index (χ3v) is 4.78. The van der Waals surface area contributed by atoms with Crippen LogP contribution in [0.2, 0.25) is 0 Å². The van der Waals surface area contributed by atoms with E-state index >= 15 is 0 Å². The maximum absolute atomic E-state index is 9.95. The van der Waals surface area contributed by atoms with Crippen molar-refractivity contribution in [1.29, 1.82) is 0 Å². The molecule has 7 heteroatoms. The highest BCUT2D eigenvalue weighted by Gasteiger charge is 2.12. The molecule has 0 aliphatic carbocycles. The number of likely N-dealkylation sites (N-methyl/N-ethyl adjacent to an activating group) is 1. The molecule has 1 aliphatic heterocycles. The van der Waals surface area contributed by atoms with Gasteiger partial charge in [-0.05, 0) is 55.0 Å². The largest absolute Gasteiger partial charge is 0.507 e. The average Bonchev–Trinajstić information content (AvgIpc) is 3.24. The zero-order valence-corrected chi connectivity index (χ0v) is 18.5. The SMILES string of the molecule is C1CCOCC1.C=CC(=O)NC.CC(C)c1c[nH]c2nnc(-c3ccccc3O)cc12. The van der Waals surface area contributed by atoms with Crippen LogP contribution in [0.15, 0.2) is 49.2 Å². The van der Waals surface area contributed by atoms with Gasteiger partial charge in [0.25, 0.3) is 0 Å². The maximum Gasteiger partial charge on any atom is 0.243 e. The number of aromatic nitrogens is 3. The first-order valence-electron chi connectivity index (χ1n) is 10.5. The number of carbonyl (C=O) groups excluding carboxylic acids is 1. The second-order valence-corrected chi connectivity index (χ2v) is 7.40. The highest BCUT2D eigenvalue weighted by molar-refractivity contribution is 5.86. The van der Waals surface area contributed by atoms with Crippen LogP contribution < -0.4 is 5.32 Å². The van der Waals surface area contributed by atoms with Crippen molar-refractivity contribution in [1.82, 2.24) is 20.5 Å². The summed E-state index contributed by atoms with van der Waals surface area (Å²) >= 11 is 0. The molecule has 31 heavy (non-hydrogen) atoms. The molecule has 1 aromatic carbocycles. The van der Waals surface area contributed by atoms with Gasteiger partial charge in [0.2, 0.25) is 5.91 Å². The summed E-state index contributed by atoms with van der Waals surface area (Å²) in [4.78, 5) is 13.1. The summed E-state index contributed by atoms with van der Waals surface area (Å²) in [5.41, 5.74) is 3.38. The summed E-state index contributed by atoms with van der Waals surface area (Å²) in [6, 6.07) is 9.14. The minimum absolute atomic E-state index is 0.144. The number of hydrogen-bond acceptors (Lipinski definition) is 5. The smallest absolute Gasteiger partial charge is 0.243 e. The minimum atomic E-state index is -0.144. The van der Waals surface area contributed by atoms with Crippen molar-refractivity contribution in [2.75, 3.05) is 20.3 Å². The average molecular weight is 425 g/mol. The molecule has 1 saturated heterocycles. The molecule has 0 bridgehead atoms. The van der Waals surface area contributed by atoms with Gasteiger partial charge >= 0.3 is 0 Å². The fraction of sp³-hybridized carbons (Fsp3) is 0.375. The lowest BCUT2D eigenvalue weighted by Crippen LogP contribution is -2.13. The second kappa shape index (κ2) is 12.5. The van der Waals surface area contributed by atoms with Gasteiger partial charge in [-0.3, -0.25) is 4.79 Å². The molecule has 4 rings (SSSR count). The van der Waals surface area contributed by atoms with Crippen LogP contribution in [0.3, 0.4) is 0 Å². The number of carbonyl (C=O) groups is 1. The quantitative estimate of drug-likeness (QED) is 0.535. The van der Waals surface area contributed by atoms with Gasteiger partial charge in [-0.15, -0.1) is 10.2 Å². The Morgan fingerprint density at radius 1 is 1.23 bits per heavy atom. The van der Waals surface area contributed by atoms with Crippen molar-refractivity contribution in [2.24, 2.45) is 0 Å². The van der Waals surface area contributed by atoms with Gasteiger partial charge in [0.15, 0.2) is 5.65 Å². The lowest BCUT2D eigenvalue weighted by atomic mass is 10.0. The molecule has 0 saturated carbocycles. The number of phenols is 1. The Bertz CT molecular complexity index is 966. The second-order valence-electron chi connectivity index (χ2n) is 7.40. The summed E-state index contributed by atoms with van der Waals surface area (Å²) < 4.78 is 5.07. The van der Waals surface area contributed by atoms with E-state index in [1.807, 2.05) is 24.4 Å². The number of rotatable bonds is 3. The lowest BCUT2D eigenvalue weighted by molar-refractivity contribution is -0.116. The van der Waals surface area contributed by atoms with Crippen molar-refractivity contribution in [3.05, 3.63) is 54.7 Å². The summed E-state index contributed by atoms with van der Waals surface area (Å²) in [5.74, 6) is 0.489. The zero-order chi connectivity index (χ0) is 22.6. The number of ether oxygens (including phenoxy) is 1. The van der Waals surface area contributed by atoms with Gasteiger partial charge in [-0.1, -0.05) is 32.6 Å². The number of nitrogens with one attached hydrogen (secondary N) is 2. The first-order chi connectivity index (χ1) is 15.0. The highest BCUT2D eigenvalue weighted by Crippen LogP contribution is 2.30. The first kappa shape index (κ1) is 24.1. The Labute approximate surface area is 183 Å². The molecule has 3 heterocycles. The van der Waals surface area contributed by atoms with E-state index in [4.69, 9.17) is 4.74 Å². The molecule has 3 aromatic rings. The van der Waals surface area contributed by atoms with Gasteiger partial charge in [0.1, 0.15) is 5.75 Å². The van der Waals surface area contributed by atoms with E-state index in [2.05, 4.69) is 40.9 Å². The van der Waals surface area contributed by atoms with E-state index in [9.17, 15) is 9.90 Å². The maximum atomic E-state index is 9.95. The Kier molecular flexibility index (Phi) is 9.71. The van der Waals surface area contributed by atoms with E-state index in [0.29, 0.717) is 17.2 Å². The van der Waals surface area contributed by atoms with Crippen LogP contribution in [0.4, 0.5) is 0 Å². The number of fused-ring (bicyclic) bond motifs is 1. The van der Waals surface area contributed by atoms with Gasteiger partial charge in [0, 0.05) is 37.4 Å². The summed E-state index contributed by atoms with van der Waals surface area (Å²) in [6.45, 7) is 9.50. The Morgan fingerprint density at radius 3 is 2.42 bits per heavy atom. The molecule has 0 spiro atoms. The summed E-state index contributed by atoms with van der Waals surface area (Å²) in [7, 11) is 1.56. The fourth-order valence-electron chi connectivity index (χ4n) is 3.03. The third kappa shape index (κ3) is 7.22. The predicted molar refractivity (Wildman–Crippen MR) is 124 cm³/mol. The van der Waals surface area contributed by atoms with Crippen LogP contribution in [-0.4, -0.2) is 46.5 Å². The number of nitrogens with zero attached hydrogens (tertiary/aromatic N) is 2. The number of amides is 1. The fourth-order valence-corrected chi connectivity index (χ4v) is 3.03. The molecule has 1 aliphatic rings. The highest BCUT2D eigenvalue weighted by atomic mass is 16.5. The van der Waals surface area contributed by atoms with E-state index < -0.39 is 0 Å². The number of phenolic OH excluding ortho intramolecular Hbond substituents is 1. The van der Waals surface area contributed by atoms with Crippen LogP contribution in [-0.2, 0) is 9.53 Å². The number of aromatic amines is 1. The number of aromatic hydroxyl groups is 1. The van der Waals surface area contributed by atoms with E-state index in [0.717, 1.165) is 24.2 Å². The molecule has 0 radical (unpaired) electrons. The Morgan fingerprint density at radius 2 is 1.94 bits per heavy atom. The molecule has 2 aromatic heterocycles. The van der Waals surface area contributed by atoms with Gasteiger partial charge in [0.05, 0.1) is 5.69 Å². The summed E-state index contributed by atoms with van der Waals surface area (Å²) in [5, 5.41) is 21.7. The number of H-pyrrole nitrogens is 1. The van der Waals surface area contributed by atoms with Crippen molar-refractivity contribution in [3.8, 4) is 17.0 Å². The van der Waals surface area contributed by atoms with Crippen molar-refractivity contribution < 1.29 is 14.6 Å². The van der Waals surface area contributed by atoms with E-state index in [-0.39, 0.29) is 11.7 Å². The molecule has 1 fully saturated rings. The molecule has 1 amide bonds. The molecule has 0 unspecified atom stereocenters. The van der Waals surface area contributed by atoms with Crippen molar-refractivity contribution >= 4 is 16.9 Å². The molecular weight excluding hydrogens is 392 g/mol. The van der Waals surface area contributed by atoms with Gasteiger partial charge < -0.3 is 20.1 Å². The topological polar surface area (TPSA) is 100 Å². The molecule has 0 atom stereocenters. The van der Waals surface area contributed by atoms with Gasteiger partial charge in [-0.2, -0.15) is 0 Å². The van der Waals surface area contributed by atoms with Crippen LogP contribution in [0, 0.1) is 0 Å². The van der Waals surface area contributed by atoms with Crippen LogP contribution in [0.25, 0.3) is 22.3 Å². The molecular formula is C24H32N4O3. The Hall–Kier alpha value is -3.19. The standard InChI is InChI=1S/C15H15N3O.C5H10O.C4H7NO/c1-9(2)12-8-16-15-11(12)7-13(17-18-15)10-5-3-4-6-14(10)19;1-2-4-6-5-3-1;1-3-4(6)5-2/h3-9,19H,1-2H3,(H,16,18);1-5H2;3H,1H2,2H3,(H,5,6). The third-order valence-electron chi connectivity index (χ3n) is 4.78. The summed E-state index contributed by atoms with van der Waals surface area (Å²) in [6.07, 6.45) is 7.12. The van der Waals surface area contributed by atoms with Crippen molar-refractivity contribution in [3.63, 3.8) is 0 Å². The van der Waals surface area contributed by atoms with Crippen LogP contribution >= 0.6 is 0 Å². The Balaban J connectivity index is 0.000000234. The first-order valence-corrected chi connectivity index (χ1v) is 10.5. The monoisotopic (exact) mass is 424 g/mol. The number of hydrogen-bond donors (Lipinski definition) is 3. The van der Waals surface area contributed by atoms with E-state index in [1.54, 1.807) is 19.2 Å². The van der Waals surface area contributed by atoms with Crippen LogP contribution in [0.1, 0.15) is 44.6 Å². The lowest BCUT2D eigenvalue weighted by Gasteiger charge is -2.08. The molecule has 7 nitrogen and oxygen atoms in total. The van der Waals surface area contributed by atoms with Crippen LogP contribution in [0.5, 0.6) is 5.75 Å². The van der Waals surface area contributed by atoms with Gasteiger partial charge in [-0.25, -0.2) is 0 Å². The predicted octanol–water partition coefficient (Wildman–Crippen LogP) is 4.56.